The van der Waals surface area contributed by atoms with Crippen LogP contribution in [0, 0.1) is 11.8 Å². The van der Waals surface area contributed by atoms with E-state index in [9.17, 15) is 0 Å². The second-order valence-corrected chi connectivity index (χ2v) is 6.43. The van der Waals surface area contributed by atoms with E-state index in [-0.39, 0.29) is 0 Å². The van der Waals surface area contributed by atoms with Crippen molar-refractivity contribution in [2.45, 2.75) is 32.2 Å². The predicted molar refractivity (Wildman–Crippen MR) is 89.6 cm³/mol. The number of hydrogen-bond acceptors (Lipinski definition) is 2. The van der Waals surface area contributed by atoms with Crippen LogP contribution in [0.2, 0.25) is 0 Å². The fraction of sp³-hybridized carbons (Fsp3) is 0.500. The van der Waals surface area contributed by atoms with Gasteiger partial charge < -0.3 is 5.32 Å². The van der Waals surface area contributed by atoms with E-state index < -0.39 is 0 Å². The predicted octanol–water partition coefficient (Wildman–Crippen LogP) is 4.37. The molecule has 0 amide bonds. The molecular formula is C18H23ClN2. The van der Waals surface area contributed by atoms with Gasteiger partial charge in [0.2, 0.25) is 0 Å². The van der Waals surface area contributed by atoms with Gasteiger partial charge in [-0.25, -0.2) is 0 Å². The summed E-state index contributed by atoms with van der Waals surface area (Å²) in [5, 5.41) is 4.84. The zero-order valence-electron chi connectivity index (χ0n) is 12.4. The largest absolute Gasteiger partial charge is 0.312 e. The average molecular weight is 303 g/mol. The summed E-state index contributed by atoms with van der Waals surface area (Å²) < 4.78 is 0. The summed E-state index contributed by atoms with van der Waals surface area (Å²) in [6.45, 7) is 2.01. The molecule has 0 radical (unpaired) electrons. The third kappa shape index (κ3) is 3.75. The van der Waals surface area contributed by atoms with Crippen LogP contribution in [-0.2, 0) is 6.54 Å². The van der Waals surface area contributed by atoms with Crippen LogP contribution < -0.4 is 5.32 Å². The molecule has 2 aromatic rings. The number of fused-ring (bicyclic) bond motifs is 1. The lowest BCUT2D eigenvalue weighted by Gasteiger charge is -2.30. The third-order valence-electron chi connectivity index (χ3n) is 4.67. The molecule has 1 aromatic carbocycles. The molecule has 112 valence electrons. The van der Waals surface area contributed by atoms with E-state index in [1.807, 2.05) is 12.3 Å². The Morgan fingerprint density at radius 2 is 2.00 bits per heavy atom. The summed E-state index contributed by atoms with van der Waals surface area (Å²) in [7, 11) is 0. The van der Waals surface area contributed by atoms with Gasteiger partial charge in [-0.2, -0.15) is 0 Å². The van der Waals surface area contributed by atoms with Crippen LogP contribution in [0.4, 0.5) is 0 Å². The number of aromatic nitrogens is 1. The Labute approximate surface area is 131 Å². The molecule has 0 bridgehead atoms. The SMILES string of the molecule is ClCC1CCCCC1CNCc1ccc2ncccc2c1. The normalized spacial score (nSPS) is 22.5. The molecular weight excluding hydrogens is 280 g/mol. The summed E-state index contributed by atoms with van der Waals surface area (Å²) >= 11 is 6.10. The first kappa shape index (κ1) is 14.8. The minimum Gasteiger partial charge on any atom is -0.312 e. The number of hydrogen-bond donors (Lipinski definition) is 1. The summed E-state index contributed by atoms with van der Waals surface area (Å²) in [6.07, 6.45) is 7.19. The molecule has 21 heavy (non-hydrogen) atoms. The highest BCUT2D eigenvalue weighted by Crippen LogP contribution is 2.30. The van der Waals surface area contributed by atoms with Crippen molar-refractivity contribution in [1.82, 2.24) is 10.3 Å². The van der Waals surface area contributed by atoms with Crippen LogP contribution in [0.1, 0.15) is 31.2 Å². The molecule has 1 aliphatic carbocycles. The maximum atomic E-state index is 6.10. The Balaban J connectivity index is 1.56. The van der Waals surface area contributed by atoms with E-state index in [2.05, 4.69) is 34.6 Å². The van der Waals surface area contributed by atoms with Crippen LogP contribution in [0.3, 0.4) is 0 Å². The molecule has 1 N–H and O–H groups in total. The third-order valence-corrected chi connectivity index (χ3v) is 5.06. The monoisotopic (exact) mass is 302 g/mol. The van der Waals surface area contributed by atoms with Gasteiger partial charge in [-0.05, 0) is 55.0 Å². The van der Waals surface area contributed by atoms with Gasteiger partial charge in [0, 0.05) is 24.0 Å². The van der Waals surface area contributed by atoms with Gasteiger partial charge in [0.25, 0.3) is 0 Å². The van der Waals surface area contributed by atoms with E-state index >= 15 is 0 Å². The molecule has 0 saturated heterocycles. The number of halogens is 1. The Kier molecular flexibility index (Phi) is 5.10. The van der Waals surface area contributed by atoms with E-state index in [1.54, 1.807) is 0 Å². The molecule has 2 atom stereocenters. The lowest BCUT2D eigenvalue weighted by atomic mass is 9.80. The van der Waals surface area contributed by atoms with Crippen LogP contribution in [0.25, 0.3) is 10.9 Å². The Bertz CT molecular complexity index is 584. The number of benzene rings is 1. The highest BCUT2D eigenvalue weighted by molar-refractivity contribution is 6.18. The van der Waals surface area contributed by atoms with Crippen molar-refractivity contribution in [2.24, 2.45) is 11.8 Å². The van der Waals surface area contributed by atoms with Crippen molar-refractivity contribution >= 4 is 22.5 Å². The number of nitrogens with one attached hydrogen (secondary N) is 1. The number of nitrogens with zero attached hydrogens (tertiary/aromatic N) is 1. The number of pyridine rings is 1. The smallest absolute Gasteiger partial charge is 0.0702 e. The number of rotatable bonds is 5. The molecule has 3 heteroatoms. The van der Waals surface area contributed by atoms with E-state index in [4.69, 9.17) is 11.6 Å². The highest BCUT2D eigenvalue weighted by atomic mass is 35.5. The maximum Gasteiger partial charge on any atom is 0.0702 e. The Morgan fingerprint density at radius 1 is 1.14 bits per heavy atom. The second kappa shape index (κ2) is 7.24. The van der Waals surface area contributed by atoms with Crippen LogP contribution in [-0.4, -0.2) is 17.4 Å². The Hall–Kier alpha value is -1.12. The molecule has 3 rings (SSSR count). The molecule has 2 unspecified atom stereocenters. The minimum absolute atomic E-state index is 0.703. The number of alkyl halides is 1. The van der Waals surface area contributed by atoms with Gasteiger partial charge in [0.1, 0.15) is 0 Å². The molecule has 0 spiro atoms. The van der Waals surface area contributed by atoms with Crippen molar-refractivity contribution in [2.75, 3.05) is 12.4 Å². The zero-order chi connectivity index (χ0) is 14.5. The van der Waals surface area contributed by atoms with E-state index in [0.29, 0.717) is 5.92 Å². The molecule has 1 aliphatic rings. The van der Waals surface area contributed by atoms with Gasteiger partial charge in [-0.15, -0.1) is 11.6 Å². The lowest BCUT2D eigenvalue weighted by Crippen LogP contribution is -2.31. The van der Waals surface area contributed by atoms with Crippen LogP contribution in [0.5, 0.6) is 0 Å². The van der Waals surface area contributed by atoms with Crippen LogP contribution in [0.15, 0.2) is 36.5 Å². The first-order chi connectivity index (χ1) is 10.4. The van der Waals surface area contributed by atoms with Crippen molar-refractivity contribution in [3.05, 3.63) is 42.1 Å². The second-order valence-electron chi connectivity index (χ2n) is 6.12. The summed E-state index contributed by atoms with van der Waals surface area (Å²) in [5.74, 6) is 2.26. The summed E-state index contributed by atoms with van der Waals surface area (Å²) in [6, 6.07) is 10.6. The maximum absolute atomic E-state index is 6.10. The van der Waals surface area contributed by atoms with Crippen LogP contribution >= 0.6 is 11.6 Å². The molecule has 1 saturated carbocycles. The highest BCUT2D eigenvalue weighted by Gasteiger charge is 2.23. The van der Waals surface area contributed by atoms with E-state index in [0.717, 1.165) is 30.4 Å². The lowest BCUT2D eigenvalue weighted by molar-refractivity contribution is 0.250. The summed E-state index contributed by atoms with van der Waals surface area (Å²) in [5.41, 5.74) is 2.39. The standard InChI is InChI=1S/C18H23ClN2/c19-11-16-4-1-2-5-17(16)13-20-12-14-7-8-18-15(10-14)6-3-9-21-18/h3,6-10,16-17,20H,1-2,4-5,11-13H2. The van der Waals surface area contributed by atoms with Gasteiger partial charge in [0.15, 0.2) is 0 Å². The van der Waals surface area contributed by atoms with Gasteiger partial charge in [0.05, 0.1) is 5.52 Å². The quantitative estimate of drug-likeness (QED) is 0.830. The fourth-order valence-corrected chi connectivity index (χ4v) is 3.80. The molecule has 0 aliphatic heterocycles. The molecule has 1 aromatic heterocycles. The molecule has 1 fully saturated rings. The zero-order valence-corrected chi connectivity index (χ0v) is 13.1. The first-order valence-corrected chi connectivity index (χ1v) is 8.50. The van der Waals surface area contributed by atoms with Gasteiger partial charge >= 0.3 is 0 Å². The fourth-order valence-electron chi connectivity index (χ4n) is 3.39. The molecule has 2 nitrogen and oxygen atoms in total. The molecule has 1 heterocycles. The van der Waals surface area contributed by atoms with Crippen molar-refractivity contribution in [3.8, 4) is 0 Å². The average Bonchev–Trinajstić information content (AvgIpc) is 2.55. The minimum atomic E-state index is 0.703. The van der Waals surface area contributed by atoms with Gasteiger partial charge in [-0.1, -0.05) is 25.0 Å². The van der Waals surface area contributed by atoms with Crippen molar-refractivity contribution in [1.29, 1.82) is 0 Å². The van der Waals surface area contributed by atoms with Crippen molar-refractivity contribution < 1.29 is 0 Å². The topological polar surface area (TPSA) is 24.9 Å². The summed E-state index contributed by atoms with van der Waals surface area (Å²) in [4.78, 5) is 4.36. The first-order valence-electron chi connectivity index (χ1n) is 7.97. The van der Waals surface area contributed by atoms with Crippen molar-refractivity contribution in [3.63, 3.8) is 0 Å². The Morgan fingerprint density at radius 3 is 2.86 bits per heavy atom. The van der Waals surface area contributed by atoms with E-state index in [1.165, 1.54) is 36.6 Å². The van der Waals surface area contributed by atoms with Gasteiger partial charge in [-0.3, -0.25) is 4.98 Å².